The maximum absolute atomic E-state index is 16.2. The van der Waals surface area contributed by atoms with Gasteiger partial charge < -0.3 is 4.74 Å². The Morgan fingerprint density at radius 3 is 2.19 bits per heavy atom. The molecule has 1 aromatic carbocycles. The van der Waals surface area contributed by atoms with Crippen molar-refractivity contribution in [3.63, 3.8) is 0 Å². The molecule has 232 valence electrons. The minimum atomic E-state index is -1.01. The van der Waals surface area contributed by atoms with E-state index in [0.29, 0.717) is 5.69 Å². The zero-order chi connectivity index (χ0) is 31.8. The minimum absolute atomic E-state index is 0.00191. The van der Waals surface area contributed by atoms with E-state index in [9.17, 15) is 4.79 Å². The first-order chi connectivity index (χ1) is 19.7. The fourth-order valence-corrected chi connectivity index (χ4v) is 4.60. The second-order valence-electron chi connectivity index (χ2n) is 12.7. The van der Waals surface area contributed by atoms with E-state index in [2.05, 4.69) is 48.2 Å². The number of carbonyl (C=O) groups excluding carboxylic acids is 1. The summed E-state index contributed by atoms with van der Waals surface area (Å²) in [6, 6.07) is 10.4. The Morgan fingerprint density at radius 1 is 1.02 bits per heavy atom. The fraction of sp³-hybridized carbons (Fsp3) is 0.500. The summed E-state index contributed by atoms with van der Waals surface area (Å²) in [4.78, 5) is 17.7. The van der Waals surface area contributed by atoms with Gasteiger partial charge in [-0.1, -0.05) is 86.3 Å². The Morgan fingerprint density at radius 2 is 1.62 bits per heavy atom. The first kappa shape index (κ1) is 36.0. The molecule has 0 bridgehead atoms. The predicted molar refractivity (Wildman–Crippen MR) is 162 cm³/mol. The third-order valence-corrected chi connectivity index (χ3v) is 7.48. The number of rotatable bonds is 9. The van der Waals surface area contributed by atoms with Crippen LogP contribution < -0.4 is 4.57 Å². The average molecular weight is 781 g/mol. The molecular formula is C34H44ClF2N2O2Pt+. The molecule has 1 atom stereocenters. The van der Waals surface area contributed by atoms with Gasteiger partial charge in [0, 0.05) is 18.0 Å². The number of hydrogen-bond donors (Lipinski definition) is 0. The van der Waals surface area contributed by atoms with Crippen molar-refractivity contribution in [2.45, 2.75) is 91.9 Å². The van der Waals surface area contributed by atoms with E-state index in [1.807, 2.05) is 52.1 Å². The first-order valence-corrected chi connectivity index (χ1v) is 17.2. The van der Waals surface area contributed by atoms with E-state index in [1.165, 1.54) is 0 Å². The predicted octanol–water partition coefficient (Wildman–Crippen LogP) is 8.97. The molecule has 1 unspecified atom stereocenters. The molecule has 0 aliphatic heterocycles. The molecule has 2 aromatic heterocycles. The molecular weight excluding hydrogens is 737 g/mol. The molecule has 0 N–H and O–H groups in total. The van der Waals surface area contributed by atoms with Crippen molar-refractivity contribution in [1.82, 2.24) is 4.98 Å². The van der Waals surface area contributed by atoms with Crippen LogP contribution in [0, 0.1) is 23.6 Å². The van der Waals surface area contributed by atoms with Crippen LogP contribution in [0.15, 0.2) is 36.7 Å². The summed E-state index contributed by atoms with van der Waals surface area (Å²) < 4.78 is 39.7. The number of esters is 1. The van der Waals surface area contributed by atoms with Crippen molar-refractivity contribution in [3.05, 3.63) is 71.1 Å². The van der Waals surface area contributed by atoms with Gasteiger partial charge in [-0.2, -0.15) is 0 Å². The second-order valence-corrected chi connectivity index (χ2v) is 12.7. The SMILES string of the molecule is CCCCC(CC)COC(=O)c1c(F)c(-c2cc(C(C)(C)C)ccn2)[c-]c(-c2cc(C(C)(C)C)cc[n+]2C)c1F.[Cl][Pt+]. The van der Waals surface area contributed by atoms with Gasteiger partial charge in [0.05, 0.1) is 23.8 Å². The van der Waals surface area contributed by atoms with Crippen LogP contribution in [0.5, 0.6) is 0 Å². The summed E-state index contributed by atoms with van der Waals surface area (Å²) in [5, 5.41) is 0. The fourth-order valence-electron chi connectivity index (χ4n) is 4.60. The van der Waals surface area contributed by atoms with Crippen molar-refractivity contribution in [3.8, 4) is 22.5 Å². The molecule has 3 rings (SSSR count). The summed E-state index contributed by atoms with van der Waals surface area (Å²) in [7, 11) is 6.40. The van der Waals surface area contributed by atoms with E-state index in [-0.39, 0.29) is 40.2 Å². The van der Waals surface area contributed by atoms with Crippen LogP contribution in [0.3, 0.4) is 0 Å². The molecule has 0 saturated heterocycles. The Labute approximate surface area is 266 Å². The molecule has 2 heterocycles. The topological polar surface area (TPSA) is 43.1 Å². The van der Waals surface area contributed by atoms with Crippen LogP contribution in [0.4, 0.5) is 8.78 Å². The number of aryl methyl sites for hydroxylation is 1. The number of pyridine rings is 2. The monoisotopic (exact) mass is 780 g/mol. The number of carbonyl (C=O) groups is 1. The van der Waals surface area contributed by atoms with Gasteiger partial charge in [0.15, 0.2) is 11.9 Å². The summed E-state index contributed by atoms with van der Waals surface area (Å²) >= 11 is 1.61. The van der Waals surface area contributed by atoms with Gasteiger partial charge in [0.1, 0.15) is 7.05 Å². The second kappa shape index (κ2) is 15.5. The van der Waals surface area contributed by atoms with Gasteiger partial charge in [-0.3, -0.25) is 13.8 Å². The molecule has 0 spiro atoms. The summed E-state index contributed by atoms with van der Waals surface area (Å²) in [5.74, 6) is -2.87. The number of ether oxygens (including phenoxy) is 1. The van der Waals surface area contributed by atoms with Crippen molar-refractivity contribution < 1.29 is 41.7 Å². The molecule has 0 aliphatic carbocycles. The Hall–Kier alpha value is -2.17. The van der Waals surface area contributed by atoms with Crippen LogP contribution in [0.1, 0.15) is 103 Å². The van der Waals surface area contributed by atoms with Gasteiger partial charge in [-0.05, 0) is 52.0 Å². The molecule has 42 heavy (non-hydrogen) atoms. The molecule has 0 aliphatic rings. The van der Waals surface area contributed by atoms with Crippen LogP contribution in [0.25, 0.3) is 22.5 Å². The summed E-state index contributed by atoms with van der Waals surface area (Å²) in [6.07, 6.45) is 7.18. The van der Waals surface area contributed by atoms with Gasteiger partial charge in [0.2, 0.25) is 0 Å². The van der Waals surface area contributed by atoms with E-state index >= 15 is 8.78 Å². The Balaban J connectivity index is 0.00000301. The molecule has 4 nitrogen and oxygen atoms in total. The Kier molecular flexibility index (Phi) is 13.3. The van der Waals surface area contributed by atoms with Crippen molar-refractivity contribution in [2.24, 2.45) is 13.0 Å². The molecule has 8 heteroatoms. The average Bonchev–Trinajstić information content (AvgIpc) is 2.94. The van der Waals surface area contributed by atoms with E-state index < -0.39 is 23.2 Å². The van der Waals surface area contributed by atoms with E-state index in [1.54, 1.807) is 42.7 Å². The van der Waals surface area contributed by atoms with Crippen LogP contribution >= 0.6 is 9.42 Å². The number of hydrogen-bond acceptors (Lipinski definition) is 3. The van der Waals surface area contributed by atoms with Gasteiger partial charge in [-0.25, -0.2) is 9.36 Å². The number of halogens is 3. The zero-order valence-corrected chi connectivity index (χ0v) is 29.3. The summed E-state index contributed by atoms with van der Waals surface area (Å²) in [5.41, 5.74) is 1.45. The van der Waals surface area contributed by atoms with Crippen LogP contribution in [-0.2, 0) is 41.4 Å². The van der Waals surface area contributed by atoms with Gasteiger partial charge >= 0.3 is 34.2 Å². The van der Waals surface area contributed by atoms with E-state index in [4.69, 9.17) is 4.74 Å². The van der Waals surface area contributed by atoms with Crippen LogP contribution in [-0.4, -0.2) is 17.6 Å². The number of nitrogens with zero attached hydrogens (tertiary/aromatic N) is 2. The van der Waals surface area contributed by atoms with Crippen molar-refractivity contribution >= 4 is 15.4 Å². The Bertz CT molecular complexity index is 1370. The quantitative estimate of drug-likeness (QED) is 0.124. The summed E-state index contributed by atoms with van der Waals surface area (Å²) in [6.45, 7) is 16.6. The third-order valence-electron chi connectivity index (χ3n) is 7.48. The normalized spacial score (nSPS) is 12.4. The van der Waals surface area contributed by atoms with Gasteiger partial charge in [0.25, 0.3) is 0 Å². The molecule has 0 saturated carbocycles. The number of unbranched alkanes of at least 4 members (excludes halogenated alkanes) is 1. The zero-order valence-electron chi connectivity index (χ0n) is 26.2. The molecule has 0 amide bonds. The van der Waals surface area contributed by atoms with Crippen molar-refractivity contribution in [1.29, 1.82) is 0 Å². The molecule has 3 aromatic rings. The van der Waals surface area contributed by atoms with E-state index in [0.717, 1.165) is 36.8 Å². The molecule has 0 radical (unpaired) electrons. The standard InChI is InChI=1S/C34H44F2N2O2.ClH.Pt/c1-10-12-13-22(11-2)21-40-32(39)29-30(35)25(27-18-23(14-16-37-27)33(3,4)5)20-26(31(29)36)28-19-24(34(6,7)8)15-17-38(28)9;;/h14-19,22H,10-13,21H2,1-9H3;1H;/q;;+2/p-1. The first-order valence-electron chi connectivity index (χ1n) is 14.4. The maximum atomic E-state index is 16.2. The number of benzene rings is 1. The number of aromatic nitrogens is 2. The third kappa shape index (κ3) is 8.92. The molecule has 0 fully saturated rings. The van der Waals surface area contributed by atoms with Crippen LogP contribution in [0.2, 0.25) is 0 Å². The van der Waals surface area contributed by atoms with Crippen molar-refractivity contribution in [2.75, 3.05) is 6.61 Å². The van der Waals surface area contributed by atoms with Gasteiger partial charge in [-0.15, -0.1) is 6.07 Å².